The van der Waals surface area contributed by atoms with Crippen LogP contribution in [0.5, 0.6) is 11.5 Å². The summed E-state index contributed by atoms with van der Waals surface area (Å²) in [4.78, 5) is 0. The van der Waals surface area contributed by atoms with E-state index in [-0.39, 0.29) is 0 Å². The minimum Gasteiger partial charge on any atom is -0.493 e. The van der Waals surface area contributed by atoms with Gasteiger partial charge in [0.05, 0.1) is 19.4 Å². The van der Waals surface area contributed by atoms with E-state index in [4.69, 9.17) is 14.0 Å². The third kappa shape index (κ3) is 4.49. The van der Waals surface area contributed by atoms with Crippen molar-refractivity contribution in [1.82, 2.24) is 10.5 Å². The minimum absolute atomic E-state index is 0.674. The lowest BCUT2D eigenvalue weighted by Gasteiger charge is -2.12. The van der Waals surface area contributed by atoms with E-state index in [1.807, 2.05) is 31.2 Å². The predicted octanol–water partition coefficient (Wildman–Crippen LogP) is 3.07. The van der Waals surface area contributed by atoms with E-state index in [0.29, 0.717) is 13.2 Å². The first-order valence-corrected chi connectivity index (χ1v) is 7.15. The number of hydrogen-bond donors (Lipinski definition) is 1. The molecule has 0 aliphatic carbocycles. The van der Waals surface area contributed by atoms with Gasteiger partial charge in [0.2, 0.25) is 0 Å². The maximum absolute atomic E-state index is 5.64. The first kappa shape index (κ1) is 15.4. The highest BCUT2D eigenvalue weighted by Gasteiger charge is 2.06. The lowest BCUT2D eigenvalue weighted by Crippen LogP contribution is -2.13. The van der Waals surface area contributed by atoms with Crippen LogP contribution in [-0.2, 0) is 13.1 Å². The van der Waals surface area contributed by atoms with E-state index in [9.17, 15) is 0 Å². The van der Waals surface area contributed by atoms with Crippen LogP contribution in [0.1, 0.15) is 30.4 Å². The molecule has 0 atom stereocenters. The summed E-state index contributed by atoms with van der Waals surface area (Å²) in [6, 6.07) is 7.90. The van der Waals surface area contributed by atoms with Crippen molar-refractivity contribution in [1.29, 1.82) is 0 Å². The molecule has 1 aromatic carbocycles. The molecule has 0 fully saturated rings. The molecule has 1 heterocycles. The van der Waals surface area contributed by atoms with Crippen LogP contribution in [-0.4, -0.2) is 18.9 Å². The molecule has 5 heteroatoms. The van der Waals surface area contributed by atoms with Crippen LogP contribution in [0.2, 0.25) is 0 Å². The van der Waals surface area contributed by atoms with E-state index in [1.165, 1.54) is 0 Å². The Hall–Kier alpha value is -2.01. The SMILES string of the molecule is CCCOc1ccc(CNCc2cc(C)on2)cc1OC. The molecule has 0 spiro atoms. The first-order valence-electron chi connectivity index (χ1n) is 7.15. The number of ether oxygens (including phenoxy) is 2. The maximum Gasteiger partial charge on any atom is 0.161 e. The number of nitrogens with one attached hydrogen (secondary N) is 1. The standard InChI is InChI=1S/C16H22N2O3/c1-4-7-20-15-6-5-13(9-16(15)19-3)10-17-11-14-8-12(2)21-18-14/h5-6,8-9,17H,4,7,10-11H2,1-3H3. The van der Waals surface area contributed by atoms with Crippen molar-refractivity contribution in [3.05, 3.63) is 41.3 Å². The molecule has 1 aromatic heterocycles. The van der Waals surface area contributed by atoms with Crippen molar-refractivity contribution in [2.75, 3.05) is 13.7 Å². The Morgan fingerprint density at radius 3 is 2.71 bits per heavy atom. The number of aryl methyl sites for hydroxylation is 1. The van der Waals surface area contributed by atoms with Crippen molar-refractivity contribution >= 4 is 0 Å². The number of benzene rings is 1. The zero-order valence-corrected chi connectivity index (χ0v) is 12.8. The number of methoxy groups -OCH3 is 1. The first-order chi connectivity index (χ1) is 10.2. The summed E-state index contributed by atoms with van der Waals surface area (Å²) in [5, 5.41) is 7.27. The second kappa shape index (κ2) is 7.69. The van der Waals surface area contributed by atoms with Crippen molar-refractivity contribution in [3.8, 4) is 11.5 Å². The average molecular weight is 290 g/mol. The van der Waals surface area contributed by atoms with Crippen LogP contribution >= 0.6 is 0 Å². The average Bonchev–Trinajstić information content (AvgIpc) is 2.91. The van der Waals surface area contributed by atoms with Gasteiger partial charge in [0.25, 0.3) is 0 Å². The van der Waals surface area contributed by atoms with Crippen LogP contribution < -0.4 is 14.8 Å². The summed E-state index contributed by atoms with van der Waals surface area (Å²) < 4.78 is 16.0. The highest BCUT2D eigenvalue weighted by molar-refractivity contribution is 5.42. The number of nitrogens with zero attached hydrogens (tertiary/aromatic N) is 1. The zero-order valence-electron chi connectivity index (χ0n) is 12.8. The fourth-order valence-electron chi connectivity index (χ4n) is 1.99. The predicted molar refractivity (Wildman–Crippen MR) is 80.6 cm³/mol. The van der Waals surface area contributed by atoms with Gasteiger partial charge in [-0.3, -0.25) is 0 Å². The fourth-order valence-corrected chi connectivity index (χ4v) is 1.99. The topological polar surface area (TPSA) is 56.5 Å². The lowest BCUT2D eigenvalue weighted by molar-refractivity contribution is 0.294. The highest BCUT2D eigenvalue weighted by Crippen LogP contribution is 2.28. The molecule has 0 aliphatic rings. The third-order valence-electron chi connectivity index (χ3n) is 3.00. The van der Waals surface area contributed by atoms with Gasteiger partial charge < -0.3 is 19.3 Å². The molecule has 0 saturated carbocycles. The zero-order chi connectivity index (χ0) is 15.1. The maximum atomic E-state index is 5.64. The van der Waals surface area contributed by atoms with Gasteiger partial charge in [-0.2, -0.15) is 0 Å². The summed E-state index contributed by atoms with van der Waals surface area (Å²) >= 11 is 0. The van der Waals surface area contributed by atoms with Gasteiger partial charge in [0.1, 0.15) is 5.76 Å². The molecule has 2 rings (SSSR count). The third-order valence-corrected chi connectivity index (χ3v) is 3.00. The van der Waals surface area contributed by atoms with Crippen molar-refractivity contribution in [3.63, 3.8) is 0 Å². The monoisotopic (exact) mass is 290 g/mol. The second-order valence-electron chi connectivity index (χ2n) is 4.87. The summed E-state index contributed by atoms with van der Waals surface area (Å²) in [5.74, 6) is 2.38. The van der Waals surface area contributed by atoms with Crippen LogP contribution in [0, 0.1) is 6.92 Å². The smallest absolute Gasteiger partial charge is 0.161 e. The van der Waals surface area contributed by atoms with Gasteiger partial charge >= 0.3 is 0 Å². The Morgan fingerprint density at radius 1 is 1.19 bits per heavy atom. The van der Waals surface area contributed by atoms with Crippen LogP contribution in [0.4, 0.5) is 0 Å². The summed E-state index contributed by atoms with van der Waals surface area (Å²) in [7, 11) is 1.66. The molecular formula is C16H22N2O3. The van der Waals surface area contributed by atoms with Crippen molar-refractivity contribution in [2.45, 2.75) is 33.4 Å². The second-order valence-corrected chi connectivity index (χ2v) is 4.87. The fraction of sp³-hybridized carbons (Fsp3) is 0.438. The van der Waals surface area contributed by atoms with Crippen LogP contribution in [0.25, 0.3) is 0 Å². The molecule has 114 valence electrons. The van der Waals surface area contributed by atoms with Crippen molar-refractivity contribution < 1.29 is 14.0 Å². The van der Waals surface area contributed by atoms with E-state index >= 15 is 0 Å². The molecular weight excluding hydrogens is 268 g/mol. The van der Waals surface area contributed by atoms with Gasteiger partial charge in [-0.1, -0.05) is 18.1 Å². The van der Waals surface area contributed by atoms with Gasteiger partial charge in [-0.05, 0) is 31.0 Å². The Kier molecular flexibility index (Phi) is 5.63. The Bertz CT molecular complexity index is 566. The minimum atomic E-state index is 0.674. The Morgan fingerprint density at radius 2 is 2.05 bits per heavy atom. The van der Waals surface area contributed by atoms with Gasteiger partial charge in [0, 0.05) is 19.2 Å². The molecule has 0 bridgehead atoms. The van der Waals surface area contributed by atoms with E-state index in [1.54, 1.807) is 7.11 Å². The van der Waals surface area contributed by atoms with Crippen LogP contribution in [0.3, 0.4) is 0 Å². The number of aromatic nitrogens is 1. The molecule has 0 saturated heterocycles. The summed E-state index contributed by atoms with van der Waals surface area (Å²) in [6.07, 6.45) is 0.976. The molecule has 1 N–H and O–H groups in total. The number of rotatable bonds is 8. The van der Waals surface area contributed by atoms with Crippen molar-refractivity contribution in [2.24, 2.45) is 0 Å². The molecule has 0 radical (unpaired) electrons. The highest BCUT2D eigenvalue weighted by atomic mass is 16.5. The summed E-state index contributed by atoms with van der Waals surface area (Å²) in [5.41, 5.74) is 2.04. The Labute approximate surface area is 125 Å². The van der Waals surface area contributed by atoms with E-state index in [0.717, 1.165) is 41.5 Å². The Balaban J connectivity index is 1.90. The van der Waals surface area contributed by atoms with E-state index in [2.05, 4.69) is 17.4 Å². The van der Waals surface area contributed by atoms with Crippen LogP contribution in [0.15, 0.2) is 28.8 Å². The molecule has 0 unspecified atom stereocenters. The van der Waals surface area contributed by atoms with E-state index < -0.39 is 0 Å². The normalized spacial score (nSPS) is 10.6. The largest absolute Gasteiger partial charge is 0.493 e. The lowest BCUT2D eigenvalue weighted by atomic mass is 10.2. The summed E-state index contributed by atoms with van der Waals surface area (Å²) in [6.45, 7) is 6.07. The number of hydrogen-bond acceptors (Lipinski definition) is 5. The van der Waals surface area contributed by atoms with Gasteiger partial charge in [-0.15, -0.1) is 0 Å². The molecule has 2 aromatic rings. The quantitative estimate of drug-likeness (QED) is 0.809. The molecule has 0 aliphatic heterocycles. The van der Waals surface area contributed by atoms with Gasteiger partial charge in [0.15, 0.2) is 11.5 Å². The molecule has 0 amide bonds. The molecule has 5 nitrogen and oxygen atoms in total. The van der Waals surface area contributed by atoms with Gasteiger partial charge in [-0.25, -0.2) is 0 Å². The molecule has 21 heavy (non-hydrogen) atoms.